The van der Waals surface area contributed by atoms with Crippen molar-refractivity contribution in [1.29, 1.82) is 0 Å². The standard InChI is InChI=1S/C17H25NO2/c1-17(2)11-19-15-7-6-13(10-16(15)20-12-17)9-14-5-3-4-8-18-14/h6-7,10,14,18H,3-5,8-9,11-12H2,1-2H3. The third kappa shape index (κ3) is 3.26. The van der Waals surface area contributed by atoms with Crippen molar-refractivity contribution in [3.63, 3.8) is 0 Å². The molecule has 0 saturated carbocycles. The molecule has 0 spiro atoms. The van der Waals surface area contributed by atoms with E-state index < -0.39 is 0 Å². The van der Waals surface area contributed by atoms with Crippen molar-refractivity contribution < 1.29 is 9.47 Å². The zero-order valence-electron chi connectivity index (χ0n) is 12.6. The molecule has 0 radical (unpaired) electrons. The fourth-order valence-corrected chi connectivity index (χ4v) is 2.88. The number of nitrogens with one attached hydrogen (secondary N) is 1. The monoisotopic (exact) mass is 275 g/mol. The molecule has 1 aromatic rings. The van der Waals surface area contributed by atoms with Crippen LogP contribution in [0.2, 0.25) is 0 Å². The fraction of sp³-hybridized carbons (Fsp3) is 0.647. The van der Waals surface area contributed by atoms with Gasteiger partial charge >= 0.3 is 0 Å². The van der Waals surface area contributed by atoms with Crippen LogP contribution in [0.3, 0.4) is 0 Å². The van der Waals surface area contributed by atoms with Gasteiger partial charge in [-0.25, -0.2) is 0 Å². The van der Waals surface area contributed by atoms with E-state index in [4.69, 9.17) is 9.47 Å². The summed E-state index contributed by atoms with van der Waals surface area (Å²) in [5, 5.41) is 3.60. The second-order valence-electron chi connectivity index (χ2n) is 6.87. The molecular formula is C17H25NO2. The number of fused-ring (bicyclic) bond motifs is 1. The Morgan fingerprint density at radius 3 is 2.70 bits per heavy atom. The summed E-state index contributed by atoms with van der Waals surface area (Å²) in [7, 11) is 0. The molecule has 0 aliphatic carbocycles. The Balaban J connectivity index is 1.71. The van der Waals surface area contributed by atoms with Gasteiger partial charge < -0.3 is 14.8 Å². The summed E-state index contributed by atoms with van der Waals surface area (Å²) in [4.78, 5) is 0. The van der Waals surface area contributed by atoms with Crippen LogP contribution in [0, 0.1) is 5.41 Å². The Kier molecular flexibility index (Phi) is 3.88. The lowest BCUT2D eigenvalue weighted by molar-refractivity contribution is 0.140. The summed E-state index contributed by atoms with van der Waals surface area (Å²) in [6.07, 6.45) is 5.02. The molecule has 3 nitrogen and oxygen atoms in total. The molecule has 2 aliphatic heterocycles. The maximum absolute atomic E-state index is 5.95. The molecule has 20 heavy (non-hydrogen) atoms. The summed E-state index contributed by atoms with van der Waals surface area (Å²) in [5.74, 6) is 1.79. The summed E-state index contributed by atoms with van der Waals surface area (Å²) in [5.41, 5.74) is 1.41. The number of hydrogen-bond donors (Lipinski definition) is 1. The summed E-state index contributed by atoms with van der Waals surface area (Å²) in [6, 6.07) is 7.02. The van der Waals surface area contributed by atoms with Crippen LogP contribution in [0.25, 0.3) is 0 Å². The maximum Gasteiger partial charge on any atom is 0.161 e. The Hall–Kier alpha value is -1.22. The minimum absolute atomic E-state index is 0.0735. The highest BCUT2D eigenvalue weighted by molar-refractivity contribution is 5.43. The first-order chi connectivity index (χ1) is 9.62. The van der Waals surface area contributed by atoms with Crippen LogP contribution < -0.4 is 14.8 Å². The van der Waals surface area contributed by atoms with Crippen molar-refractivity contribution in [2.75, 3.05) is 19.8 Å². The summed E-state index contributed by atoms with van der Waals surface area (Å²) in [6.45, 7) is 6.93. The topological polar surface area (TPSA) is 30.5 Å². The zero-order valence-corrected chi connectivity index (χ0v) is 12.6. The lowest BCUT2D eigenvalue weighted by Gasteiger charge is -2.23. The van der Waals surface area contributed by atoms with Crippen LogP contribution in [0.15, 0.2) is 18.2 Å². The second kappa shape index (κ2) is 5.65. The first kappa shape index (κ1) is 13.7. The van der Waals surface area contributed by atoms with Crippen LogP contribution in [0.4, 0.5) is 0 Å². The Morgan fingerprint density at radius 2 is 1.95 bits per heavy atom. The van der Waals surface area contributed by atoms with Crippen LogP contribution in [0.1, 0.15) is 38.7 Å². The molecule has 0 aromatic heterocycles. The van der Waals surface area contributed by atoms with Gasteiger partial charge in [0.2, 0.25) is 0 Å². The lowest BCUT2D eigenvalue weighted by atomic mass is 9.97. The van der Waals surface area contributed by atoms with Gasteiger partial charge in [-0.2, -0.15) is 0 Å². The van der Waals surface area contributed by atoms with E-state index in [-0.39, 0.29) is 5.41 Å². The first-order valence-electron chi connectivity index (χ1n) is 7.74. The second-order valence-corrected chi connectivity index (χ2v) is 6.87. The summed E-state index contributed by atoms with van der Waals surface area (Å²) >= 11 is 0. The largest absolute Gasteiger partial charge is 0.489 e. The average Bonchev–Trinajstić information content (AvgIpc) is 2.59. The van der Waals surface area contributed by atoms with Gasteiger partial charge in [-0.1, -0.05) is 26.3 Å². The third-order valence-electron chi connectivity index (χ3n) is 4.14. The predicted molar refractivity (Wildman–Crippen MR) is 80.6 cm³/mol. The number of benzene rings is 1. The molecule has 2 heterocycles. The highest BCUT2D eigenvalue weighted by atomic mass is 16.5. The quantitative estimate of drug-likeness (QED) is 0.899. The summed E-state index contributed by atoms with van der Waals surface area (Å²) < 4.78 is 11.8. The molecule has 3 rings (SSSR count). The van der Waals surface area contributed by atoms with Crippen LogP contribution in [-0.2, 0) is 6.42 Å². The van der Waals surface area contributed by atoms with Crippen LogP contribution in [-0.4, -0.2) is 25.8 Å². The molecule has 2 aliphatic rings. The molecule has 3 heteroatoms. The van der Waals surface area contributed by atoms with Gasteiger partial charge in [0.15, 0.2) is 11.5 Å². The molecule has 110 valence electrons. The average molecular weight is 275 g/mol. The third-order valence-corrected chi connectivity index (χ3v) is 4.14. The van der Waals surface area contributed by atoms with Gasteiger partial charge in [0.25, 0.3) is 0 Å². The zero-order chi connectivity index (χ0) is 14.0. The predicted octanol–water partition coefficient (Wildman–Crippen LogP) is 3.17. The minimum atomic E-state index is 0.0735. The molecule has 1 saturated heterocycles. The Labute approximate surface area is 121 Å². The molecule has 1 atom stereocenters. The highest BCUT2D eigenvalue weighted by Crippen LogP contribution is 2.34. The van der Waals surface area contributed by atoms with E-state index in [2.05, 4.69) is 37.4 Å². The van der Waals surface area contributed by atoms with Gasteiger partial charge in [-0.3, -0.25) is 0 Å². The van der Waals surface area contributed by atoms with Gasteiger partial charge in [-0.15, -0.1) is 0 Å². The van der Waals surface area contributed by atoms with E-state index in [1.54, 1.807) is 0 Å². The molecular weight excluding hydrogens is 250 g/mol. The van der Waals surface area contributed by atoms with Crippen LogP contribution >= 0.6 is 0 Å². The number of hydrogen-bond acceptors (Lipinski definition) is 3. The van der Waals surface area contributed by atoms with E-state index in [9.17, 15) is 0 Å². The number of piperidine rings is 1. The highest BCUT2D eigenvalue weighted by Gasteiger charge is 2.25. The molecule has 0 amide bonds. The normalized spacial score (nSPS) is 25.0. The molecule has 0 bridgehead atoms. The van der Waals surface area contributed by atoms with Crippen LogP contribution in [0.5, 0.6) is 11.5 Å². The van der Waals surface area contributed by atoms with Crippen molar-refractivity contribution in [3.8, 4) is 11.5 Å². The van der Waals surface area contributed by atoms with Gasteiger partial charge in [-0.05, 0) is 43.5 Å². The van der Waals surface area contributed by atoms with E-state index in [1.807, 2.05) is 0 Å². The first-order valence-corrected chi connectivity index (χ1v) is 7.74. The van der Waals surface area contributed by atoms with E-state index in [0.29, 0.717) is 19.3 Å². The van der Waals surface area contributed by atoms with Crippen molar-refractivity contribution in [3.05, 3.63) is 23.8 Å². The van der Waals surface area contributed by atoms with Crippen molar-refractivity contribution in [1.82, 2.24) is 5.32 Å². The molecule has 1 aromatic carbocycles. The number of rotatable bonds is 2. The maximum atomic E-state index is 5.95. The van der Waals surface area contributed by atoms with E-state index in [1.165, 1.54) is 24.8 Å². The number of ether oxygens (including phenoxy) is 2. The van der Waals surface area contributed by atoms with Gasteiger partial charge in [0.05, 0.1) is 13.2 Å². The molecule has 1 unspecified atom stereocenters. The van der Waals surface area contributed by atoms with Crippen molar-refractivity contribution in [2.24, 2.45) is 5.41 Å². The minimum Gasteiger partial charge on any atom is -0.489 e. The molecule has 1 N–H and O–H groups in total. The van der Waals surface area contributed by atoms with Gasteiger partial charge in [0.1, 0.15) is 0 Å². The Bertz CT molecular complexity index is 464. The van der Waals surface area contributed by atoms with E-state index >= 15 is 0 Å². The SMILES string of the molecule is CC1(C)COc2ccc(CC3CCCCN3)cc2OC1. The fourth-order valence-electron chi connectivity index (χ4n) is 2.88. The lowest BCUT2D eigenvalue weighted by Crippen LogP contribution is -2.35. The van der Waals surface area contributed by atoms with Crippen molar-refractivity contribution in [2.45, 2.75) is 45.6 Å². The molecule has 1 fully saturated rings. The van der Waals surface area contributed by atoms with Crippen molar-refractivity contribution >= 4 is 0 Å². The van der Waals surface area contributed by atoms with E-state index in [0.717, 1.165) is 24.5 Å². The smallest absolute Gasteiger partial charge is 0.161 e. The van der Waals surface area contributed by atoms with Gasteiger partial charge in [0, 0.05) is 11.5 Å². The Morgan fingerprint density at radius 1 is 1.15 bits per heavy atom.